The minimum atomic E-state index is -0.294. The standard InChI is InChI=1S/C18H22BrN3O2/c1-3-22(18(23)24-14-15-8-5-4-6-9-15)13-12-21(2)17-11-7-10-16(19)20-17/h4-11H,3,12-14H2,1-2H3. The van der Waals surface area contributed by atoms with Gasteiger partial charge in [-0.05, 0) is 40.5 Å². The van der Waals surface area contributed by atoms with Gasteiger partial charge in [-0.15, -0.1) is 0 Å². The Balaban J connectivity index is 1.83. The number of aromatic nitrogens is 1. The third-order valence-electron chi connectivity index (χ3n) is 3.64. The van der Waals surface area contributed by atoms with Gasteiger partial charge in [0, 0.05) is 26.7 Å². The fraction of sp³-hybridized carbons (Fsp3) is 0.333. The van der Waals surface area contributed by atoms with Crippen LogP contribution in [0.3, 0.4) is 0 Å². The Bertz CT molecular complexity index is 652. The molecule has 6 heteroatoms. The fourth-order valence-electron chi connectivity index (χ4n) is 2.18. The number of likely N-dealkylation sites (N-methyl/N-ethyl adjacent to an activating group) is 2. The topological polar surface area (TPSA) is 45.7 Å². The third-order valence-corrected chi connectivity index (χ3v) is 4.08. The molecule has 0 fully saturated rings. The van der Waals surface area contributed by atoms with Crippen LogP contribution in [0.5, 0.6) is 0 Å². The van der Waals surface area contributed by atoms with E-state index < -0.39 is 0 Å². The summed E-state index contributed by atoms with van der Waals surface area (Å²) in [4.78, 5) is 20.3. The Kier molecular flexibility index (Phi) is 7.06. The minimum absolute atomic E-state index is 0.291. The Morgan fingerprint density at radius 2 is 1.88 bits per heavy atom. The highest BCUT2D eigenvalue weighted by molar-refractivity contribution is 9.10. The van der Waals surface area contributed by atoms with Crippen molar-refractivity contribution in [2.45, 2.75) is 13.5 Å². The Hall–Kier alpha value is -2.08. The van der Waals surface area contributed by atoms with Gasteiger partial charge in [0.1, 0.15) is 17.0 Å². The van der Waals surface area contributed by atoms with E-state index in [0.717, 1.165) is 16.0 Å². The van der Waals surface area contributed by atoms with Crippen molar-refractivity contribution in [1.82, 2.24) is 9.88 Å². The maximum atomic E-state index is 12.2. The lowest BCUT2D eigenvalue weighted by molar-refractivity contribution is 0.0989. The van der Waals surface area contributed by atoms with Crippen molar-refractivity contribution >= 4 is 27.8 Å². The molecule has 0 aliphatic rings. The number of rotatable bonds is 7. The van der Waals surface area contributed by atoms with Crippen molar-refractivity contribution in [3.05, 3.63) is 58.7 Å². The number of ether oxygens (including phenoxy) is 1. The monoisotopic (exact) mass is 391 g/mol. The molecule has 24 heavy (non-hydrogen) atoms. The van der Waals surface area contributed by atoms with E-state index in [4.69, 9.17) is 4.74 Å². The molecule has 0 unspecified atom stereocenters. The lowest BCUT2D eigenvalue weighted by Crippen LogP contribution is -2.38. The average molecular weight is 392 g/mol. The van der Waals surface area contributed by atoms with Gasteiger partial charge in [0.15, 0.2) is 0 Å². The number of carbonyl (C=O) groups is 1. The summed E-state index contributed by atoms with van der Waals surface area (Å²) in [5.74, 6) is 0.859. The lowest BCUT2D eigenvalue weighted by atomic mass is 10.2. The number of hydrogen-bond donors (Lipinski definition) is 0. The van der Waals surface area contributed by atoms with E-state index in [2.05, 4.69) is 20.9 Å². The van der Waals surface area contributed by atoms with Gasteiger partial charge in [-0.1, -0.05) is 36.4 Å². The lowest BCUT2D eigenvalue weighted by Gasteiger charge is -2.24. The zero-order valence-corrected chi connectivity index (χ0v) is 15.6. The summed E-state index contributed by atoms with van der Waals surface area (Å²) in [5, 5.41) is 0. The molecule has 1 amide bonds. The Labute approximate surface area is 151 Å². The highest BCUT2D eigenvalue weighted by Gasteiger charge is 2.14. The molecule has 0 atom stereocenters. The van der Waals surface area contributed by atoms with E-state index >= 15 is 0 Å². The van der Waals surface area contributed by atoms with Crippen LogP contribution in [0.1, 0.15) is 12.5 Å². The molecule has 2 rings (SSSR count). The number of amides is 1. The van der Waals surface area contributed by atoms with Crippen molar-refractivity contribution in [1.29, 1.82) is 0 Å². The zero-order valence-electron chi connectivity index (χ0n) is 14.0. The molecule has 1 aromatic carbocycles. The summed E-state index contributed by atoms with van der Waals surface area (Å²) in [6, 6.07) is 15.4. The molecule has 0 N–H and O–H groups in total. The molecule has 0 spiro atoms. The van der Waals surface area contributed by atoms with Gasteiger partial charge in [0.05, 0.1) is 0 Å². The van der Waals surface area contributed by atoms with Gasteiger partial charge in [-0.2, -0.15) is 0 Å². The summed E-state index contributed by atoms with van der Waals surface area (Å²) in [7, 11) is 1.96. The second kappa shape index (κ2) is 9.27. The number of hydrogen-bond acceptors (Lipinski definition) is 4. The molecular formula is C18H22BrN3O2. The molecule has 0 saturated carbocycles. The SMILES string of the molecule is CCN(CCN(C)c1cccc(Br)n1)C(=O)OCc1ccccc1. The van der Waals surface area contributed by atoms with Crippen LogP contribution < -0.4 is 4.90 Å². The summed E-state index contributed by atoms with van der Waals surface area (Å²) in [6.07, 6.45) is -0.294. The van der Waals surface area contributed by atoms with Gasteiger partial charge in [0.25, 0.3) is 0 Å². The first-order valence-electron chi connectivity index (χ1n) is 7.89. The van der Waals surface area contributed by atoms with Crippen LogP contribution in [0.2, 0.25) is 0 Å². The van der Waals surface area contributed by atoms with E-state index in [-0.39, 0.29) is 6.09 Å². The summed E-state index contributed by atoms with van der Waals surface area (Å²) in [5.41, 5.74) is 0.984. The van der Waals surface area contributed by atoms with Crippen LogP contribution in [-0.4, -0.2) is 42.7 Å². The first-order chi connectivity index (χ1) is 11.6. The van der Waals surface area contributed by atoms with E-state index in [1.54, 1.807) is 4.90 Å². The molecule has 128 valence electrons. The van der Waals surface area contributed by atoms with Gasteiger partial charge in [-0.25, -0.2) is 9.78 Å². The number of anilines is 1. The van der Waals surface area contributed by atoms with Crippen molar-refractivity contribution in [3.63, 3.8) is 0 Å². The van der Waals surface area contributed by atoms with E-state index in [1.165, 1.54) is 0 Å². The normalized spacial score (nSPS) is 10.3. The zero-order chi connectivity index (χ0) is 17.4. The molecule has 1 heterocycles. The molecule has 0 radical (unpaired) electrons. The number of benzene rings is 1. The number of halogens is 1. The second-order valence-corrected chi connectivity index (χ2v) is 6.17. The largest absolute Gasteiger partial charge is 0.445 e. The molecule has 0 saturated heterocycles. The molecular weight excluding hydrogens is 370 g/mol. The molecule has 0 aliphatic carbocycles. The van der Waals surface area contributed by atoms with Gasteiger partial charge in [-0.3, -0.25) is 0 Å². The minimum Gasteiger partial charge on any atom is -0.445 e. The highest BCUT2D eigenvalue weighted by atomic mass is 79.9. The van der Waals surface area contributed by atoms with Crippen LogP contribution >= 0.6 is 15.9 Å². The van der Waals surface area contributed by atoms with Crippen molar-refractivity contribution < 1.29 is 9.53 Å². The van der Waals surface area contributed by atoms with Crippen molar-refractivity contribution in [2.75, 3.05) is 31.6 Å². The second-order valence-electron chi connectivity index (χ2n) is 5.36. The van der Waals surface area contributed by atoms with E-state index in [1.807, 2.05) is 67.4 Å². The van der Waals surface area contributed by atoms with Gasteiger partial charge < -0.3 is 14.5 Å². The molecule has 1 aromatic heterocycles. The van der Waals surface area contributed by atoms with Crippen LogP contribution in [0.4, 0.5) is 10.6 Å². The summed E-state index contributed by atoms with van der Waals surface area (Å²) < 4.78 is 6.18. The average Bonchev–Trinajstić information content (AvgIpc) is 2.61. The number of carbonyl (C=O) groups excluding carboxylic acids is 1. The summed E-state index contributed by atoms with van der Waals surface area (Å²) in [6.45, 7) is 4.10. The predicted molar refractivity (Wildman–Crippen MR) is 99.1 cm³/mol. The fourth-order valence-corrected chi connectivity index (χ4v) is 2.52. The smallest absolute Gasteiger partial charge is 0.410 e. The predicted octanol–water partition coefficient (Wildman–Crippen LogP) is 3.94. The maximum Gasteiger partial charge on any atom is 0.410 e. The number of pyridine rings is 1. The van der Waals surface area contributed by atoms with Crippen LogP contribution in [0.25, 0.3) is 0 Å². The van der Waals surface area contributed by atoms with Crippen molar-refractivity contribution in [2.24, 2.45) is 0 Å². The quantitative estimate of drug-likeness (QED) is 0.670. The van der Waals surface area contributed by atoms with Crippen molar-refractivity contribution in [3.8, 4) is 0 Å². The Morgan fingerprint density at radius 3 is 2.54 bits per heavy atom. The molecule has 0 bridgehead atoms. The first kappa shape index (κ1) is 18.3. The summed E-state index contributed by atoms with van der Waals surface area (Å²) >= 11 is 3.37. The molecule has 5 nitrogen and oxygen atoms in total. The van der Waals surface area contributed by atoms with E-state index in [0.29, 0.717) is 26.2 Å². The van der Waals surface area contributed by atoms with E-state index in [9.17, 15) is 4.79 Å². The maximum absolute atomic E-state index is 12.2. The van der Waals surface area contributed by atoms with Crippen LogP contribution in [0.15, 0.2) is 53.1 Å². The number of nitrogens with zero attached hydrogens (tertiary/aromatic N) is 3. The third kappa shape index (κ3) is 5.53. The van der Waals surface area contributed by atoms with Crippen LogP contribution in [-0.2, 0) is 11.3 Å². The van der Waals surface area contributed by atoms with Gasteiger partial charge in [0.2, 0.25) is 0 Å². The van der Waals surface area contributed by atoms with Crippen LogP contribution in [0, 0.1) is 0 Å². The van der Waals surface area contributed by atoms with Gasteiger partial charge >= 0.3 is 6.09 Å². The Morgan fingerprint density at radius 1 is 1.12 bits per heavy atom. The molecule has 2 aromatic rings. The first-order valence-corrected chi connectivity index (χ1v) is 8.68. The molecule has 0 aliphatic heterocycles. The highest BCUT2D eigenvalue weighted by Crippen LogP contribution is 2.13.